The monoisotopic (exact) mass is 676 g/mol. The molecule has 0 radical (unpaired) electrons. The number of carbonyl (C=O) groups excluding carboxylic acids is 2. The van der Waals surface area contributed by atoms with Gasteiger partial charge in [-0.05, 0) is 106 Å². The van der Waals surface area contributed by atoms with Crippen LogP contribution in [0.5, 0.6) is 17.2 Å². The molecule has 0 aromatic heterocycles. The normalized spacial score (nSPS) is 11.7. The predicted octanol–water partition coefficient (Wildman–Crippen LogP) is 9.97. The Balaban J connectivity index is 1.30. The van der Waals surface area contributed by atoms with Crippen molar-refractivity contribution in [3.63, 3.8) is 0 Å². The van der Waals surface area contributed by atoms with Crippen LogP contribution in [0.1, 0.15) is 109 Å². The van der Waals surface area contributed by atoms with Crippen molar-refractivity contribution in [1.29, 1.82) is 0 Å². The summed E-state index contributed by atoms with van der Waals surface area (Å²) < 4.78 is 33.6. The molecule has 0 saturated heterocycles. The molecule has 0 saturated carbocycles. The van der Waals surface area contributed by atoms with Crippen LogP contribution in [0.2, 0.25) is 0 Å². The summed E-state index contributed by atoms with van der Waals surface area (Å²) in [6.07, 6.45) is 11.7. The Morgan fingerprint density at radius 1 is 0.592 bits per heavy atom. The van der Waals surface area contributed by atoms with Crippen LogP contribution in [0.15, 0.2) is 72.8 Å². The standard InChI is InChI=1S/C41H56O8/c1-5-8-30-47-40(42)32(4)48-37-26-28-38(29-27-37)49-41(43)35-20-18-33(19-21-35)34-22-24-36(25-23-34)46-31-16-14-12-10-9-11-13-15-17-39(44-6-2)45-7-3/h18-29,32,39H,5-17,30-31H2,1-4H3. The molecule has 0 aliphatic heterocycles. The second-order valence-corrected chi connectivity index (χ2v) is 12.0. The zero-order valence-corrected chi connectivity index (χ0v) is 30.0. The molecule has 0 N–H and O–H groups in total. The molecular formula is C41H56O8. The molecule has 0 amide bonds. The van der Waals surface area contributed by atoms with Gasteiger partial charge in [0.2, 0.25) is 0 Å². The molecule has 3 aromatic carbocycles. The Labute approximate surface area is 293 Å². The van der Waals surface area contributed by atoms with Crippen LogP contribution in [0.4, 0.5) is 0 Å². The van der Waals surface area contributed by atoms with E-state index in [2.05, 4.69) is 0 Å². The average molecular weight is 677 g/mol. The van der Waals surface area contributed by atoms with E-state index in [1.807, 2.05) is 57.2 Å². The fraction of sp³-hybridized carbons (Fsp3) is 0.512. The van der Waals surface area contributed by atoms with Gasteiger partial charge in [0, 0.05) is 13.2 Å². The highest BCUT2D eigenvalue weighted by molar-refractivity contribution is 5.91. The first kappa shape index (κ1) is 39.6. The zero-order chi connectivity index (χ0) is 35.1. The van der Waals surface area contributed by atoms with E-state index in [0.29, 0.717) is 36.9 Å². The highest BCUT2D eigenvalue weighted by atomic mass is 16.7. The molecule has 1 unspecified atom stereocenters. The van der Waals surface area contributed by atoms with Crippen LogP contribution in [-0.2, 0) is 19.0 Å². The van der Waals surface area contributed by atoms with Gasteiger partial charge in [-0.1, -0.05) is 76.1 Å². The Bertz CT molecular complexity index is 1320. The third-order valence-corrected chi connectivity index (χ3v) is 8.04. The van der Waals surface area contributed by atoms with E-state index in [-0.39, 0.29) is 6.29 Å². The maximum absolute atomic E-state index is 12.7. The van der Waals surface area contributed by atoms with Gasteiger partial charge in [0.1, 0.15) is 17.2 Å². The van der Waals surface area contributed by atoms with Crippen molar-refractivity contribution in [3.8, 4) is 28.4 Å². The van der Waals surface area contributed by atoms with Crippen LogP contribution in [0, 0.1) is 0 Å². The second kappa shape index (κ2) is 23.5. The van der Waals surface area contributed by atoms with Crippen LogP contribution in [0.3, 0.4) is 0 Å². The molecule has 0 bridgehead atoms. The minimum Gasteiger partial charge on any atom is -0.494 e. The van der Waals surface area contributed by atoms with Gasteiger partial charge < -0.3 is 28.4 Å². The quantitative estimate of drug-likeness (QED) is 0.0379. The first-order valence-electron chi connectivity index (χ1n) is 18.2. The van der Waals surface area contributed by atoms with Gasteiger partial charge >= 0.3 is 11.9 Å². The molecule has 49 heavy (non-hydrogen) atoms. The fourth-order valence-electron chi connectivity index (χ4n) is 5.23. The number of hydrogen-bond donors (Lipinski definition) is 0. The Morgan fingerprint density at radius 3 is 1.71 bits per heavy atom. The van der Waals surface area contributed by atoms with Crippen LogP contribution < -0.4 is 14.2 Å². The van der Waals surface area contributed by atoms with Crippen molar-refractivity contribution in [2.24, 2.45) is 0 Å². The van der Waals surface area contributed by atoms with Crippen molar-refractivity contribution < 1.29 is 38.0 Å². The fourth-order valence-corrected chi connectivity index (χ4v) is 5.23. The minimum absolute atomic E-state index is 0.0407. The highest BCUT2D eigenvalue weighted by Gasteiger charge is 2.16. The number of rotatable bonds is 25. The summed E-state index contributed by atoms with van der Waals surface area (Å²) in [5.74, 6) is 0.864. The van der Waals surface area contributed by atoms with E-state index in [0.717, 1.165) is 55.6 Å². The number of benzene rings is 3. The van der Waals surface area contributed by atoms with Crippen LogP contribution in [0.25, 0.3) is 11.1 Å². The lowest BCUT2D eigenvalue weighted by atomic mass is 10.0. The first-order chi connectivity index (χ1) is 23.9. The molecule has 8 nitrogen and oxygen atoms in total. The van der Waals surface area contributed by atoms with Crippen molar-refractivity contribution >= 4 is 11.9 Å². The van der Waals surface area contributed by atoms with Gasteiger partial charge in [0.05, 0.1) is 18.8 Å². The van der Waals surface area contributed by atoms with Gasteiger partial charge in [0.25, 0.3) is 0 Å². The summed E-state index contributed by atoms with van der Waals surface area (Å²) in [5.41, 5.74) is 2.48. The van der Waals surface area contributed by atoms with Crippen LogP contribution >= 0.6 is 0 Å². The van der Waals surface area contributed by atoms with E-state index in [1.54, 1.807) is 43.3 Å². The SMILES string of the molecule is CCCCOC(=O)C(C)Oc1ccc(OC(=O)c2ccc(-c3ccc(OCCCCCCCCCCC(OCC)OCC)cc3)cc2)cc1. The largest absolute Gasteiger partial charge is 0.494 e. The predicted molar refractivity (Wildman–Crippen MR) is 193 cm³/mol. The number of ether oxygens (including phenoxy) is 6. The van der Waals surface area contributed by atoms with E-state index in [1.165, 1.54) is 38.5 Å². The molecule has 1 atom stereocenters. The van der Waals surface area contributed by atoms with Gasteiger partial charge in [-0.3, -0.25) is 0 Å². The smallest absolute Gasteiger partial charge is 0.347 e. The molecule has 8 heteroatoms. The minimum atomic E-state index is -0.731. The van der Waals surface area contributed by atoms with Crippen LogP contribution in [-0.4, -0.2) is 50.8 Å². The Morgan fingerprint density at radius 2 is 1.12 bits per heavy atom. The van der Waals surface area contributed by atoms with E-state index >= 15 is 0 Å². The third kappa shape index (κ3) is 15.5. The molecule has 0 aliphatic rings. The highest BCUT2D eigenvalue weighted by Crippen LogP contribution is 2.25. The number of hydrogen-bond acceptors (Lipinski definition) is 8. The summed E-state index contributed by atoms with van der Waals surface area (Å²) in [5, 5.41) is 0. The molecule has 268 valence electrons. The molecule has 0 aliphatic carbocycles. The average Bonchev–Trinajstić information content (AvgIpc) is 3.12. The second-order valence-electron chi connectivity index (χ2n) is 12.0. The number of esters is 2. The van der Waals surface area contributed by atoms with E-state index < -0.39 is 18.0 Å². The van der Waals surface area contributed by atoms with Crippen molar-refractivity contribution in [2.45, 2.75) is 111 Å². The van der Waals surface area contributed by atoms with Gasteiger partial charge in [-0.2, -0.15) is 0 Å². The first-order valence-corrected chi connectivity index (χ1v) is 18.2. The molecule has 3 rings (SSSR count). The topological polar surface area (TPSA) is 89.5 Å². The lowest BCUT2D eigenvalue weighted by Gasteiger charge is -2.16. The van der Waals surface area contributed by atoms with E-state index in [4.69, 9.17) is 28.4 Å². The summed E-state index contributed by atoms with van der Waals surface area (Å²) >= 11 is 0. The third-order valence-electron chi connectivity index (χ3n) is 8.04. The summed E-state index contributed by atoms with van der Waals surface area (Å²) in [7, 11) is 0. The zero-order valence-electron chi connectivity index (χ0n) is 30.0. The van der Waals surface area contributed by atoms with Crippen molar-refractivity contribution in [1.82, 2.24) is 0 Å². The summed E-state index contributed by atoms with van der Waals surface area (Å²) in [6, 6.07) is 21.9. The van der Waals surface area contributed by atoms with Gasteiger partial charge in [-0.25, -0.2) is 9.59 Å². The van der Waals surface area contributed by atoms with Crippen molar-refractivity contribution in [3.05, 3.63) is 78.4 Å². The maximum Gasteiger partial charge on any atom is 0.347 e. The van der Waals surface area contributed by atoms with E-state index in [9.17, 15) is 9.59 Å². The van der Waals surface area contributed by atoms with Gasteiger partial charge in [-0.15, -0.1) is 0 Å². The lowest BCUT2D eigenvalue weighted by molar-refractivity contribution is -0.151. The summed E-state index contributed by atoms with van der Waals surface area (Å²) in [6.45, 7) is 10.2. The molecule has 0 heterocycles. The molecular weight excluding hydrogens is 620 g/mol. The summed E-state index contributed by atoms with van der Waals surface area (Å²) in [4.78, 5) is 24.8. The molecule has 3 aromatic rings. The lowest BCUT2D eigenvalue weighted by Crippen LogP contribution is -2.26. The Hall–Kier alpha value is -3.88. The molecule has 0 spiro atoms. The van der Waals surface area contributed by atoms with Gasteiger partial charge in [0.15, 0.2) is 12.4 Å². The Kier molecular flexibility index (Phi) is 18.9. The number of carbonyl (C=O) groups is 2. The van der Waals surface area contributed by atoms with Crippen molar-refractivity contribution in [2.75, 3.05) is 26.4 Å². The molecule has 0 fully saturated rings. The number of unbranched alkanes of at least 4 members (excludes halogenated alkanes) is 8. The maximum atomic E-state index is 12.7.